The van der Waals surface area contributed by atoms with Gasteiger partial charge in [-0.15, -0.1) is 0 Å². The second-order valence-corrected chi connectivity index (χ2v) is 9.30. The number of rotatable bonds is 5. The smallest absolute Gasteiger partial charge is 0.265 e. The maximum Gasteiger partial charge on any atom is 0.265 e. The van der Waals surface area contributed by atoms with Gasteiger partial charge in [0.1, 0.15) is 5.65 Å². The lowest BCUT2D eigenvalue weighted by Gasteiger charge is -2.36. The highest BCUT2D eigenvalue weighted by molar-refractivity contribution is 5.91. The summed E-state index contributed by atoms with van der Waals surface area (Å²) in [5.74, 6) is 0.766. The van der Waals surface area contributed by atoms with E-state index in [1.165, 1.54) is 6.07 Å². The normalized spacial score (nSPS) is 14.7. The maximum atomic E-state index is 13.8. The Morgan fingerprint density at radius 3 is 2.44 bits per heavy atom. The van der Waals surface area contributed by atoms with Gasteiger partial charge in [-0.25, -0.2) is 23.6 Å². The summed E-state index contributed by atoms with van der Waals surface area (Å²) < 4.78 is 29.5. The zero-order valence-electron chi connectivity index (χ0n) is 20.5. The average molecular weight is 488 g/mol. The van der Waals surface area contributed by atoms with Gasteiger partial charge in [0.15, 0.2) is 5.69 Å². The van der Waals surface area contributed by atoms with Crippen molar-refractivity contribution in [2.24, 2.45) is 0 Å². The molecule has 4 heterocycles. The minimum absolute atomic E-state index is 0.110. The molecule has 5 rings (SSSR count). The van der Waals surface area contributed by atoms with E-state index in [4.69, 9.17) is 11.6 Å². The minimum atomic E-state index is -2.64. The third-order valence-electron chi connectivity index (χ3n) is 6.93. The minimum Gasteiger partial charge on any atom is -0.342 e. The number of benzene rings is 1. The fraction of sp³-hybridized carbons (Fsp3) is 0.333. The van der Waals surface area contributed by atoms with E-state index in [2.05, 4.69) is 38.7 Å². The molecule has 184 valence electrons. The molecule has 3 aromatic heterocycles. The van der Waals surface area contributed by atoms with Crippen LogP contribution in [0.25, 0.3) is 32.9 Å². The van der Waals surface area contributed by atoms with Crippen LogP contribution in [0.3, 0.4) is 0 Å². The highest BCUT2D eigenvalue weighted by Gasteiger charge is 2.26. The molecule has 1 aromatic carbocycles. The van der Waals surface area contributed by atoms with Gasteiger partial charge >= 0.3 is 0 Å². The van der Waals surface area contributed by atoms with E-state index < -0.39 is 6.43 Å². The van der Waals surface area contributed by atoms with Gasteiger partial charge in [-0.2, -0.15) is 0 Å². The molecule has 0 radical (unpaired) electrons. The number of hydrogen-bond acceptors (Lipinski definition) is 5. The molecule has 0 N–H and O–H groups in total. The summed E-state index contributed by atoms with van der Waals surface area (Å²) in [5.41, 5.74) is 3.91. The summed E-state index contributed by atoms with van der Waals surface area (Å²) in [5, 5.41) is 0. The second kappa shape index (κ2) is 9.63. The fourth-order valence-electron chi connectivity index (χ4n) is 4.85. The molecule has 1 saturated heterocycles. The van der Waals surface area contributed by atoms with Gasteiger partial charge in [-0.05, 0) is 45.5 Å². The van der Waals surface area contributed by atoms with Crippen molar-refractivity contribution in [3.63, 3.8) is 0 Å². The predicted molar refractivity (Wildman–Crippen MR) is 137 cm³/mol. The first kappa shape index (κ1) is 23.8. The summed E-state index contributed by atoms with van der Waals surface area (Å²) in [7, 11) is 4.21. The summed E-state index contributed by atoms with van der Waals surface area (Å²) in [6.07, 6.45) is 4.56. The SMILES string of the molecule is [C-]#[N+]c1ccc(-c2nc(N3CCC(N(C)C)CC3)n3ccnc3c2-c2cnc(C)c(C(F)F)c2)cc1. The first-order valence-corrected chi connectivity index (χ1v) is 11.9. The predicted octanol–water partition coefficient (Wildman–Crippen LogP) is 5.79. The number of anilines is 1. The van der Waals surface area contributed by atoms with Crippen LogP contribution in [0.5, 0.6) is 0 Å². The number of nitrogens with zero attached hydrogens (tertiary/aromatic N) is 7. The molecule has 0 saturated carbocycles. The van der Waals surface area contributed by atoms with Crippen LogP contribution in [0.2, 0.25) is 0 Å². The monoisotopic (exact) mass is 487 g/mol. The largest absolute Gasteiger partial charge is 0.342 e. The van der Waals surface area contributed by atoms with E-state index in [0.29, 0.717) is 39.9 Å². The first-order chi connectivity index (χ1) is 17.4. The van der Waals surface area contributed by atoms with Crippen molar-refractivity contribution in [1.29, 1.82) is 0 Å². The van der Waals surface area contributed by atoms with Crippen molar-refractivity contribution in [2.45, 2.75) is 32.2 Å². The standard InChI is InChI=1S/C27H27F2N7/c1-17-22(25(28)29)15-19(16-32-17)23-24(18-5-7-20(30-2)8-6-18)33-27(36-14-11-31-26(23)36)35-12-9-21(10-13-35)34(3)4/h5-8,11,14-16,21,25H,9-10,12-13H2,1,3-4H3. The van der Waals surface area contributed by atoms with Gasteiger partial charge in [-0.3, -0.25) is 9.38 Å². The molecule has 0 spiro atoms. The average Bonchev–Trinajstić information content (AvgIpc) is 3.38. The number of aryl methyl sites for hydroxylation is 1. The molecule has 0 bridgehead atoms. The quantitative estimate of drug-likeness (QED) is 0.334. The molecule has 36 heavy (non-hydrogen) atoms. The first-order valence-electron chi connectivity index (χ1n) is 11.9. The molecule has 1 aliphatic heterocycles. The Morgan fingerprint density at radius 2 is 1.81 bits per heavy atom. The summed E-state index contributed by atoms with van der Waals surface area (Å²) in [6, 6.07) is 9.17. The molecule has 0 aliphatic carbocycles. The molecule has 0 unspecified atom stereocenters. The third-order valence-corrected chi connectivity index (χ3v) is 6.93. The van der Waals surface area contributed by atoms with Gasteiger partial charge in [-0.1, -0.05) is 24.3 Å². The Morgan fingerprint density at radius 1 is 1.08 bits per heavy atom. The van der Waals surface area contributed by atoms with Crippen LogP contribution in [0.1, 0.15) is 30.5 Å². The molecule has 1 fully saturated rings. The van der Waals surface area contributed by atoms with Crippen LogP contribution in [-0.4, -0.2) is 57.5 Å². The summed E-state index contributed by atoms with van der Waals surface area (Å²) in [6.45, 7) is 10.6. The van der Waals surface area contributed by atoms with Gasteiger partial charge in [0, 0.05) is 54.5 Å². The van der Waals surface area contributed by atoms with E-state index in [0.717, 1.165) is 37.4 Å². The number of piperidine rings is 1. The molecule has 9 heteroatoms. The highest BCUT2D eigenvalue weighted by atomic mass is 19.3. The van der Waals surface area contributed by atoms with Gasteiger partial charge in [0.25, 0.3) is 6.43 Å². The van der Waals surface area contributed by atoms with Crippen LogP contribution >= 0.6 is 0 Å². The topological polar surface area (TPSA) is 53.9 Å². The van der Waals surface area contributed by atoms with Crippen molar-refractivity contribution >= 4 is 17.3 Å². The third kappa shape index (κ3) is 4.29. The summed E-state index contributed by atoms with van der Waals surface area (Å²) in [4.78, 5) is 22.0. The molecular weight excluding hydrogens is 460 g/mol. The van der Waals surface area contributed by atoms with Gasteiger partial charge < -0.3 is 9.80 Å². The van der Waals surface area contributed by atoms with E-state index in [9.17, 15) is 8.78 Å². The fourth-order valence-corrected chi connectivity index (χ4v) is 4.85. The summed E-state index contributed by atoms with van der Waals surface area (Å²) >= 11 is 0. The van der Waals surface area contributed by atoms with Crippen molar-refractivity contribution in [2.75, 3.05) is 32.1 Å². The molecule has 7 nitrogen and oxygen atoms in total. The van der Waals surface area contributed by atoms with Crippen LogP contribution in [0, 0.1) is 13.5 Å². The second-order valence-electron chi connectivity index (χ2n) is 9.30. The van der Waals surface area contributed by atoms with Gasteiger partial charge in [0.2, 0.25) is 5.95 Å². The van der Waals surface area contributed by atoms with Crippen LogP contribution < -0.4 is 4.90 Å². The zero-order chi connectivity index (χ0) is 25.4. The Balaban J connectivity index is 1.72. The Bertz CT molecular complexity index is 1430. The Labute approximate surface area is 208 Å². The van der Waals surface area contributed by atoms with Crippen LogP contribution in [0.4, 0.5) is 20.4 Å². The number of halogens is 2. The lowest BCUT2D eigenvalue weighted by Crippen LogP contribution is -2.43. The molecule has 1 aliphatic rings. The number of hydrogen-bond donors (Lipinski definition) is 0. The van der Waals surface area contributed by atoms with Crippen molar-refractivity contribution in [3.8, 4) is 22.4 Å². The maximum absolute atomic E-state index is 13.8. The molecule has 0 atom stereocenters. The van der Waals surface area contributed by atoms with E-state index in [-0.39, 0.29) is 5.56 Å². The zero-order valence-corrected chi connectivity index (χ0v) is 20.5. The van der Waals surface area contributed by atoms with E-state index >= 15 is 0 Å². The number of imidazole rings is 1. The lowest BCUT2D eigenvalue weighted by atomic mass is 9.99. The number of alkyl halides is 2. The van der Waals surface area contributed by atoms with Crippen molar-refractivity contribution < 1.29 is 8.78 Å². The van der Waals surface area contributed by atoms with E-state index in [1.807, 2.05) is 22.7 Å². The number of fused-ring (bicyclic) bond motifs is 1. The Kier molecular flexibility index (Phi) is 6.37. The van der Waals surface area contributed by atoms with Crippen molar-refractivity contribution in [3.05, 3.63) is 71.6 Å². The van der Waals surface area contributed by atoms with E-state index in [1.54, 1.807) is 31.5 Å². The van der Waals surface area contributed by atoms with Crippen LogP contribution in [0.15, 0.2) is 48.9 Å². The molecular formula is C27H27F2N7. The van der Waals surface area contributed by atoms with Crippen LogP contribution in [-0.2, 0) is 0 Å². The molecule has 0 amide bonds. The number of aromatic nitrogens is 4. The van der Waals surface area contributed by atoms with Gasteiger partial charge in [0.05, 0.1) is 17.8 Å². The lowest BCUT2D eigenvalue weighted by molar-refractivity contribution is 0.150. The Hall–Kier alpha value is -3.90. The highest BCUT2D eigenvalue weighted by Crippen LogP contribution is 2.38. The van der Waals surface area contributed by atoms with Crippen molar-refractivity contribution in [1.82, 2.24) is 24.3 Å². The molecule has 4 aromatic rings. The number of pyridine rings is 1.